The molecule has 5 nitrogen and oxygen atoms in total. The first kappa shape index (κ1) is 14.2. The zero-order chi connectivity index (χ0) is 12.4. The van der Waals surface area contributed by atoms with Gasteiger partial charge in [0.2, 0.25) is 0 Å². The van der Waals surface area contributed by atoms with E-state index in [0.29, 0.717) is 6.92 Å². The first-order valence-electron chi connectivity index (χ1n) is 4.05. The SMILES string of the molecule is CC(C)C(=O)OC(C)C(F)(F)S(=O)(=O)O. The van der Waals surface area contributed by atoms with Gasteiger partial charge in [0.15, 0.2) is 6.10 Å². The average Bonchev–Trinajstić information content (AvgIpc) is 2.01. The molecule has 0 radical (unpaired) electrons. The first-order valence-corrected chi connectivity index (χ1v) is 5.49. The molecule has 1 N–H and O–H groups in total. The Bertz CT molecular complexity index is 335. The van der Waals surface area contributed by atoms with Gasteiger partial charge < -0.3 is 4.74 Å². The third kappa shape index (κ3) is 3.38. The fraction of sp³-hybridized carbons (Fsp3) is 0.857. The lowest BCUT2D eigenvalue weighted by atomic mass is 10.2. The van der Waals surface area contributed by atoms with E-state index in [4.69, 9.17) is 4.55 Å². The third-order valence-electron chi connectivity index (χ3n) is 1.58. The van der Waals surface area contributed by atoms with E-state index in [1.165, 1.54) is 13.8 Å². The minimum atomic E-state index is -5.58. The average molecular weight is 246 g/mol. The van der Waals surface area contributed by atoms with Crippen molar-refractivity contribution in [3.8, 4) is 0 Å². The Morgan fingerprint density at radius 1 is 1.33 bits per heavy atom. The molecule has 0 spiro atoms. The molecular weight excluding hydrogens is 234 g/mol. The molecule has 0 rings (SSSR count). The molecule has 1 unspecified atom stereocenters. The van der Waals surface area contributed by atoms with Crippen LogP contribution in [0.3, 0.4) is 0 Å². The van der Waals surface area contributed by atoms with Gasteiger partial charge >= 0.3 is 21.3 Å². The van der Waals surface area contributed by atoms with Crippen molar-refractivity contribution in [2.75, 3.05) is 0 Å². The summed E-state index contributed by atoms with van der Waals surface area (Å²) >= 11 is 0. The standard InChI is InChI=1S/C7H12F2O5S/c1-4(2)6(10)14-5(3)7(8,9)15(11,12)13/h4-5H,1-3H3,(H,11,12,13). The fourth-order valence-electron chi connectivity index (χ4n) is 0.589. The van der Waals surface area contributed by atoms with Gasteiger partial charge in [0.05, 0.1) is 5.92 Å². The van der Waals surface area contributed by atoms with Crippen molar-refractivity contribution in [2.45, 2.75) is 32.1 Å². The number of carbonyl (C=O) groups excluding carboxylic acids is 1. The van der Waals surface area contributed by atoms with Crippen LogP contribution in [0.5, 0.6) is 0 Å². The second-order valence-electron chi connectivity index (χ2n) is 3.27. The molecular formula is C7H12F2O5S. The van der Waals surface area contributed by atoms with Crippen molar-refractivity contribution < 1.29 is 31.3 Å². The predicted molar refractivity (Wildman–Crippen MR) is 46.9 cm³/mol. The molecule has 90 valence electrons. The third-order valence-corrected chi connectivity index (χ3v) is 2.60. The molecule has 0 aromatic rings. The molecule has 0 bridgehead atoms. The Labute approximate surface area is 86.2 Å². The molecule has 0 saturated carbocycles. The van der Waals surface area contributed by atoms with E-state index in [-0.39, 0.29) is 0 Å². The quantitative estimate of drug-likeness (QED) is 0.592. The maximum absolute atomic E-state index is 12.8. The summed E-state index contributed by atoms with van der Waals surface area (Å²) in [4.78, 5) is 10.9. The second kappa shape index (κ2) is 4.40. The summed E-state index contributed by atoms with van der Waals surface area (Å²) in [6.07, 6.45) is -2.23. The molecule has 0 heterocycles. The lowest BCUT2D eigenvalue weighted by Crippen LogP contribution is -2.42. The fourth-order valence-corrected chi connectivity index (χ4v) is 1.06. The maximum Gasteiger partial charge on any atom is 0.405 e. The molecule has 0 saturated heterocycles. The lowest BCUT2D eigenvalue weighted by molar-refractivity contribution is -0.163. The van der Waals surface area contributed by atoms with Crippen LogP contribution in [0.4, 0.5) is 8.78 Å². The van der Waals surface area contributed by atoms with Gasteiger partial charge in [-0.1, -0.05) is 13.8 Å². The van der Waals surface area contributed by atoms with Crippen molar-refractivity contribution in [3.63, 3.8) is 0 Å². The molecule has 0 aliphatic carbocycles. The minimum Gasteiger partial charge on any atom is -0.455 e. The summed E-state index contributed by atoms with van der Waals surface area (Å²) in [6.45, 7) is 3.50. The summed E-state index contributed by atoms with van der Waals surface area (Å²) in [6, 6.07) is 0. The van der Waals surface area contributed by atoms with E-state index in [9.17, 15) is 22.0 Å². The lowest BCUT2D eigenvalue weighted by Gasteiger charge is -2.21. The van der Waals surface area contributed by atoms with E-state index in [2.05, 4.69) is 4.74 Å². The summed E-state index contributed by atoms with van der Waals surface area (Å²) in [7, 11) is -5.58. The Hall–Kier alpha value is -0.760. The number of ether oxygens (including phenoxy) is 1. The first-order chi connectivity index (χ1) is 6.50. The van der Waals surface area contributed by atoms with Crippen LogP contribution in [-0.4, -0.2) is 30.3 Å². The van der Waals surface area contributed by atoms with Gasteiger partial charge in [0.1, 0.15) is 0 Å². The molecule has 0 aliphatic heterocycles. The summed E-state index contributed by atoms with van der Waals surface area (Å²) in [5.74, 6) is -1.63. The van der Waals surface area contributed by atoms with Gasteiger partial charge in [-0.2, -0.15) is 17.2 Å². The van der Waals surface area contributed by atoms with Gasteiger partial charge in [-0.25, -0.2) is 0 Å². The molecule has 1 atom stereocenters. The van der Waals surface area contributed by atoms with E-state index in [1.54, 1.807) is 0 Å². The molecule has 0 aromatic carbocycles. The highest BCUT2D eigenvalue weighted by atomic mass is 32.2. The highest BCUT2D eigenvalue weighted by molar-refractivity contribution is 7.86. The monoisotopic (exact) mass is 246 g/mol. The number of rotatable bonds is 4. The Balaban J connectivity index is 4.74. The van der Waals surface area contributed by atoms with Crippen molar-refractivity contribution >= 4 is 16.1 Å². The van der Waals surface area contributed by atoms with E-state index < -0.39 is 33.4 Å². The number of alkyl halides is 2. The summed E-state index contributed by atoms with van der Waals surface area (Å²) in [5.41, 5.74) is 0. The van der Waals surface area contributed by atoms with Crippen LogP contribution in [0, 0.1) is 5.92 Å². The maximum atomic E-state index is 12.8. The largest absolute Gasteiger partial charge is 0.455 e. The number of hydrogen-bond acceptors (Lipinski definition) is 4. The van der Waals surface area contributed by atoms with Gasteiger partial charge in [-0.15, -0.1) is 0 Å². The topological polar surface area (TPSA) is 80.7 Å². The predicted octanol–water partition coefficient (Wildman–Crippen LogP) is 1.05. The number of esters is 1. The molecule has 15 heavy (non-hydrogen) atoms. The van der Waals surface area contributed by atoms with Gasteiger partial charge in [-0.05, 0) is 6.92 Å². The van der Waals surface area contributed by atoms with E-state index in [1.807, 2.05) is 0 Å². The zero-order valence-corrected chi connectivity index (χ0v) is 9.22. The molecule has 0 fully saturated rings. The van der Waals surface area contributed by atoms with Crippen LogP contribution >= 0.6 is 0 Å². The van der Waals surface area contributed by atoms with E-state index >= 15 is 0 Å². The van der Waals surface area contributed by atoms with Crippen molar-refractivity contribution in [3.05, 3.63) is 0 Å². The number of halogens is 2. The summed E-state index contributed by atoms with van der Waals surface area (Å²) < 4.78 is 58.6. The number of hydrogen-bond donors (Lipinski definition) is 1. The second-order valence-corrected chi connectivity index (χ2v) is 4.77. The highest BCUT2D eigenvalue weighted by Gasteiger charge is 2.52. The van der Waals surface area contributed by atoms with Crippen LogP contribution in [0.2, 0.25) is 0 Å². The van der Waals surface area contributed by atoms with Crippen LogP contribution in [0.15, 0.2) is 0 Å². The van der Waals surface area contributed by atoms with Crippen molar-refractivity contribution in [1.82, 2.24) is 0 Å². The van der Waals surface area contributed by atoms with Gasteiger partial charge in [-0.3, -0.25) is 9.35 Å². The molecule has 0 aromatic heterocycles. The normalized spacial score (nSPS) is 15.1. The van der Waals surface area contributed by atoms with Gasteiger partial charge in [0.25, 0.3) is 0 Å². The highest BCUT2D eigenvalue weighted by Crippen LogP contribution is 2.27. The van der Waals surface area contributed by atoms with Crippen molar-refractivity contribution in [2.24, 2.45) is 5.92 Å². The zero-order valence-electron chi connectivity index (χ0n) is 8.40. The van der Waals surface area contributed by atoms with E-state index in [0.717, 1.165) is 0 Å². The number of carbonyl (C=O) groups is 1. The Kier molecular flexibility index (Phi) is 4.17. The smallest absolute Gasteiger partial charge is 0.405 e. The Morgan fingerprint density at radius 2 is 1.73 bits per heavy atom. The minimum absolute atomic E-state index is 0.662. The Morgan fingerprint density at radius 3 is 2.00 bits per heavy atom. The molecule has 0 aliphatic rings. The van der Waals surface area contributed by atoms with Crippen molar-refractivity contribution in [1.29, 1.82) is 0 Å². The van der Waals surface area contributed by atoms with Crippen LogP contribution in [0.25, 0.3) is 0 Å². The van der Waals surface area contributed by atoms with Crippen LogP contribution < -0.4 is 0 Å². The van der Waals surface area contributed by atoms with Crippen LogP contribution in [0.1, 0.15) is 20.8 Å². The van der Waals surface area contributed by atoms with Gasteiger partial charge in [0, 0.05) is 0 Å². The molecule has 0 amide bonds. The van der Waals surface area contributed by atoms with Crippen LogP contribution in [-0.2, 0) is 19.6 Å². The molecule has 8 heteroatoms. The summed E-state index contributed by atoms with van der Waals surface area (Å²) in [5, 5.41) is -4.50.